The molecular formula is C19H34N2. The molecule has 1 aliphatic carbocycles. The van der Waals surface area contributed by atoms with Gasteiger partial charge in [0.15, 0.2) is 0 Å². The van der Waals surface area contributed by atoms with Crippen LogP contribution in [-0.2, 0) is 0 Å². The minimum atomic E-state index is 0.694. The maximum absolute atomic E-state index is 4.30. The van der Waals surface area contributed by atoms with E-state index in [-0.39, 0.29) is 0 Å². The summed E-state index contributed by atoms with van der Waals surface area (Å²) in [5, 5.41) is 3.31. The summed E-state index contributed by atoms with van der Waals surface area (Å²) in [4.78, 5) is 4.01. The Hall–Kier alpha value is -0.850. The van der Waals surface area contributed by atoms with Crippen LogP contribution in [0.4, 0.5) is 0 Å². The van der Waals surface area contributed by atoms with E-state index in [4.69, 9.17) is 0 Å². The molecule has 1 rings (SSSR count). The van der Waals surface area contributed by atoms with Crippen LogP contribution in [0.5, 0.6) is 0 Å². The summed E-state index contributed by atoms with van der Waals surface area (Å²) >= 11 is 0. The average molecular weight is 290 g/mol. The van der Waals surface area contributed by atoms with Gasteiger partial charge in [-0.2, -0.15) is 0 Å². The van der Waals surface area contributed by atoms with Crippen LogP contribution in [0.1, 0.15) is 58.8 Å². The van der Waals surface area contributed by atoms with Crippen molar-refractivity contribution >= 4 is 5.87 Å². The highest BCUT2D eigenvalue weighted by atomic mass is 14.8. The van der Waals surface area contributed by atoms with Crippen molar-refractivity contribution in [1.29, 1.82) is 0 Å². The van der Waals surface area contributed by atoms with E-state index in [0.29, 0.717) is 5.92 Å². The van der Waals surface area contributed by atoms with Crippen molar-refractivity contribution in [3.8, 4) is 0 Å². The predicted molar refractivity (Wildman–Crippen MR) is 94.1 cm³/mol. The van der Waals surface area contributed by atoms with Gasteiger partial charge in [0.25, 0.3) is 0 Å². The van der Waals surface area contributed by atoms with Gasteiger partial charge >= 0.3 is 0 Å². The lowest BCUT2D eigenvalue weighted by Gasteiger charge is -2.35. The third kappa shape index (κ3) is 6.20. The van der Waals surface area contributed by atoms with Crippen molar-refractivity contribution in [2.24, 2.45) is 22.7 Å². The van der Waals surface area contributed by atoms with E-state index in [1.54, 1.807) is 0 Å². The standard InChI is InChI=1S/C19H34N2/c1-6-8-17(13-20-4)11-15(2)9-7-10-18-12-19(14-21-5)16(18)3/h16-18,20H,2,6-13H2,1,3-5H3/t16-,17?,18?/m1/s1. The molecule has 0 amide bonds. The molecule has 0 aromatic carbocycles. The van der Waals surface area contributed by atoms with Gasteiger partial charge in [-0.1, -0.05) is 32.4 Å². The number of hydrogen-bond acceptors (Lipinski definition) is 2. The molecule has 2 unspecified atom stereocenters. The Balaban J connectivity index is 2.20. The highest BCUT2D eigenvalue weighted by Gasteiger charge is 2.31. The van der Waals surface area contributed by atoms with E-state index in [2.05, 4.69) is 36.6 Å². The van der Waals surface area contributed by atoms with Crippen LogP contribution in [0.15, 0.2) is 22.7 Å². The minimum absolute atomic E-state index is 0.694. The lowest BCUT2D eigenvalue weighted by atomic mass is 9.68. The van der Waals surface area contributed by atoms with Gasteiger partial charge in [-0.05, 0) is 81.3 Å². The van der Waals surface area contributed by atoms with Crippen LogP contribution in [0.3, 0.4) is 0 Å². The normalized spacial score (nSPS) is 22.4. The van der Waals surface area contributed by atoms with Gasteiger partial charge in [-0.15, -0.1) is 0 Å². The summed E-state index contributed by atoms with van der Waals surface area (Å²) in [6.45, 7) is 10.0. The van der Waals surface area contributed by atoms with E-state index >= 15 is 0 Å². The summed E-state index contributed by atoms with van der Waals surface area (Å²) < 4.78 is 0. The fraction of sp³-hybridized carbons (Fsp3) is 0.789. The van der Waals surface area contributed by atoms with Crippen molar-refractivity contribution in [2.45, 2.75) is 58.8 Å². The smallest absolute Gasteiger partial charge is 0.0372 e. The maximum atomic E-state index is 4.30. The molecule has 1 saturated carbocycles. The van der Waals surface area contributed by atoms with Crippen LogP contribution >= 0.6 is 0 Å². The average Bonchev–Trinajstić information content (AvgIpc) is 2.45. The Labute approximate surface area is 131 Å². The molecule has 0 aromatic rings. The predicted octanol–water partition coefficient (Wildman–Crippen LogP) is 4.62. The van der Waals surface area contributed by atoms with Gasteiger partial charge in [0.2, 0.25) is 0 Å². The number of rotatable bonds is 10. The zero-order valence-electron chi connectivity index (χ0n) is 14.5. The van der Waals surface area contributed by atoms with Gasteiger partial charge in [0, 0.05) is 7.05 Å². The Kier molecular flexibility index (Phi) is 8.64. The van der Waals surface area contributed by atoms with Gasteiger partial charge in [0.1, 0.15) is 0 Å². The quantitative estimate of drug-likeness (QED) is 0.461. The molecule has 2 nitrogen and oxygen atoms in total. The molecule has 21 heavy (non-hydrogen) atoms. The number of allylic oxidation sites excluding steroid dienone is 2. The van der Waals surface area contributed by atoms with Crippen LogP contribution < -0.4 is 5.32 Å². The zero-order chi connectivity index (χ0) is 15.7. The first-order valence-electron chi connectivity index (χ1n) is 8.64. The van der Waals surface area contributed by atoms with Gasteiger partial charge in [-0.25, -0.2) is 4.99 Å². The fourth-order valence-electron chi connectivity index (χ4n) is 3.51. The highest BCUT2D eigenvalue weighted by Crippen LogP contribution is 2.41. The monoisotopic (exact) mass is 290 g/mol. The summed E-state index contributed by atoms with van der Waals surface area (Å²) in [7, 11) is 3.86. The zero-order valence-corrected chi connectivity index (χ0v) is 14.5. The SMILES string of the molecule is C=C(CCCC1CC(=C=NC)[C@@H]1C)CC(CCC)CNC. The summed E-state index contributed by atoms with van der Waals surface area (Å²) in [6, 6.07) is 0. The van der Waals surface area contributed by atoms with Crippen LogP contribution in [0.2, 0.25) is 0 Å². The van der Waals surface area contributed by atoms with Crippen LogP contribution in [0, 0.1) is 17.8 Å². The van der Waals surface area contributed by atoms with Crippen LogP contribution in [0.25, 0.3) is 0 Å². The Morgan fingerprint density at radius 2 is 2.29 bits per heavy atom. The lowest BCUT2D eigenvalue weighted by Crippen LogP contribution is -2.26. The second-order valence-corrected chi connectivity index (χ2v) is 6.67. The van der Waals surface area contributed by atoms with Gasteiger partial charge in [0.05, 0.1) is 0 Å². The molecule has 1 fully saturated rings. The van der Waals surface area contributed by atoms with Crippen molar-refractivity contribution in [3.63, 3.8) is 0 Å². The Bertz CT molecular complexity index is 371. The van der Waals surface area contributed by atoms with Crippen molar-refractivity contribution in [3.05, 3.63) is 17.7 Å². The lowest BCUT2D eigenvalue weighted by molar-refractivity contribution is 0.276. The first-order valence-corrected chi connectivity index (χ1v) is 8.64. The fourth-order valence-corrected chi connectivity index (χ4v) is 3.51. The molecule has 0 aliphatic heterocycles. The molecule has 0 saturated heterocycles. The van der Waals surface area contributed by atoms with Crippen molar-refractivity contribution < 1.29 is 0 Å². The largest absolute Gasteiger partial charge is 0.319 e. The first kappa shape index (κ1) is 18.2. The molecular weight excluding hydrogens is 256 g/mol. The topological polar surface area (TPSA) is 24.4 Å². The molecule has 0 radical (unpaired) electrons. The van der Waals surface area contributed by atoms with Gasteiger partial charge < -0.3 is 5.32 Å². The third-order valence-electron chi connectivity index (χ3n) is 4.87. The molecule has 120 valence electrons. The summed E-state index contributed by atoms with van der Waals surface area (Å²) in [5.74, 6) is 5.45. The number of aliphatic imine (C=N–C) groups is 1. The number of nitrogens with one attached hydrogen (secondary N) is 1. The Morgan fingerprint density at radius 3 is 2.86 bits per heavy atom. The second kappa shape index (κ2) is 9.97. The van der Waals surface area contributed by atoms with E-state index in [1.807, 2.05) is 14.1 Å². The maximum Gasteiger partial charge on any atom is 0.0372 e. The summed E-state index contributed by atoms with van der Waals surface area (Å²) in [6.07, 6.45) is 8.82. The third-order valence-corrected chi connectivity index (χ3v) is 4.87. The van der Waals surface area contributed by atoms with E-state index in [9.17, 15) is 0 Å². The Morgan fingerprint density at radius 1 is 1.52 bits per heavy atom. The molecule has 0 bridgehead atoms. The van der Waals surface area contributed by atoms with E-state index < -0.39 is 0 Å². The number of nitrogens with zero attached hydrogens (tertiary/aromatic N) is 1. The molecule has 0 spiro atoms. The molecule has 0 aromatic heterocycles. The highest BCUT2D eigenvalue weighted by molar-refractivity contribution is 5.60. The molecule has 1 aliphatic rings. The van der Waals surface area contributed by atoms with Crippen molar-refractivity contribution in [1.82, 2.24) is 5.32 Å². The van der Waals surface area contributed by atoms with E-state index in [0.717, 1.165) is 18.4 Å². The first-order chi connectivity index (χ1) is 10.1. The van der Waals surface area contributed by atoms with E-state index in [1.165, 1.54) is 56.1 Å². The van der Waals surface area contributed by atoms with Gasteiger partial charge in [-0.3, -0.25) is 0 Å². The molecule has 0 heterocycles. The summed E-state index contributed by atoms with van der Waals surface area (Å²) in [5.41, 5.74) is 2.86. The minimum Gasteiger partial charge on any atom is -0.319 e. The molecule has 2 heteroatoms. The number of hydrogen-bond donors (Lipinski definition) is 1. The van der Waals surface area contributed by atoms with Crippen molar-refractivity contribution in [2.75, 3.05) is 20.6 Å². The van der Waals surface area contributed by atoms with Crippen LogP contribution in [-0.4, -0.2) is 26.5 Å². The molecule has 3 atom stereocenters. The molecule has 1 N–H and O–H groups in total. The second-order valence-electron chi connectivity index (χ2n) is 6.67.